The number of hydrogen-bond donors (Lipinski definition) is 5. The van der Waals surface area contributed by atoms with Crippen LogP contribution in [0.4, 0.5) is 0 Å². The molecule has 4 heterocycles. The first-order valence-corrected chi connectivity index (χ1v) is 10.9. The number of carbonyl (C=O) groups excluding carboxylic acids is 2. The molecule has 2 amide bonds. The van der Waals surface area contributed by atoms with Gasteiger partial charge in [-0.2, -0.15) is 0 Å². The van der Waals surface area contributed by atoms with Crippen LogP contribution in [0, 0.1) is 5.92 Å². The predicted molar refractivity (Wildman–Crippen MR) is 98.0 cm³/mol. The van der Waals surface area contributed by atoms with Crippen molar-refractivity contribution in [2.45, 2.75) is 41.2 Å². The minimum atomic E-state index is -0.405. The van der Waals surface area contributed by atoms with Gasteiger partial charge in [0.25, 0.3) is 0 Å². The van der Waals surface area contributed by atoms with Crippen LogP contribution in [0.2, 0.25) is 0 Å². The van der Waals surface area contributed by atoms with Crippen LogP contribution in [0.5, 0.6) is 0 Å². The zero-order valence-corrected chi connectivity index (χ0v) is 15.6. The Balaban J connectivity index is 1.30. The summed E-state index contributed by atoms with van der Waals surface area (Å²) in [6.45, 7) is 3.28. The molecule has 0 bridgehead atoms. The van der Waals surface area contributed by atoms with Crippen LogP contribution in [0.15, 0.2) is 0 Å². The summed E-state index contributed by atoms with van der Waals surface area (Å²) in [5.74, 6) is 0.601. The zero-order valence-electron chi connectivity index (χ0n) is 14.0. The molecule has 0 spiro atoms. The van der Waals surface area contributed by atoms with Gasteiger partial charge in [0.1, 0.15) is 5.37 Å². The van der Waals surface area contributed by atoms with Gasteiger partial charge in [-0.25, -0.2) is 0 Å². The molecule has 0 aromatic rings. The number of piperidine rings is 1. The molecular formula is C15H25N5O3S2. The van der Waals surface area contributed by atoms with Crippen LogP contribution >= 0.6 is 23.5 Å². The summed E-state index contributed by atoms with van der Waals surface area (Å²) in [4.78, 5) is 25.2. The molecule has 140 valence electrons. The normalized spacial score (nSPS) is 40.6. The average molecular weight is 388 g/mol. The fraction of sp³-hybridized carbons (Fsp3) is 0.867. The highest BCUT2D eigenvalue weighted by molar-refractivity contribution is 8.01. The van der Waals surface area contributed by atoms with Gasteiger partial charge in [0.05, 0.1) is 17.9 Å². The predicted octanol–water partition coefficient (Wildman–Crippen LogP) is -1.41. The lowest BCUT2D eigenvalue weighted by atomic mass is 10.1. The van der Waals surface area contributed by atoms with E-state index in [0.29, 0.717) is 17.9 Å². The van der Waals surface area contributed by atoms with Gasteiger partial charge >= 0.3 is 0 Å². The molecular weight excluding hydrogens is 362 g/mol. The minimum Gasteiger partial charge on any atom is -0.344 e. The first-order chi connectivity index (χ1) is 12.2. The van der Waals surface area contributed by atoms with Crippen molar-refractivity contribution in [2.24, 2.45) is 5.92 Å². The van der Waals surface area contributed by atoms with Crippen molar-refractivity contribution in [2.75, 3.05) is 32.0 Å². The van der Waals surface area contributed by atoms with Crippen molar-refractivity contribution in [3.05, 3.63) is 0 Å². The summed E-state index contributed by atoms with van der Waals surface area (Å²) in [5, 5.41) is 15.9. The number of ether oxygens (including phenoxy) is 1. The largest absolute Gasteiger partial charge is 0.344 e. The first-order valence-electron chi connectivity index (χ1n) is 8.90. The van der Waals surface area contributed by atoms with Gasteiger partial charge in [0.2, 0.25) is 11.8 Å². The van der Waals surface area contributed by atoms with Crippen molar-refractivity contribution < 1.29 is 14.3 Å². The maximum absolute atomic E-state index is 12.7. The molecule has 0 aromatic heterocycles. The van der Waals surface area contributed by atoms with Crippen LogP contribution in [0.3, 0.4) is 0 Å². The van der Waals surface area contributed by atoms with Gasteiger partial charge < -0.3 is 20.7 Å². The molecule has 4 rings (SSSR count). The molecule has 4 fully saturated rings. The Hall–Kier alpha value is -0.520. The number of fused-ring (bicyclic) bond motifs is 1. The number of amides is 2. The fourth-order valence-corrected chi connectivity index (χ4v) is 6.43. The van der Waals surface area contributed by atoms with Crippen molar-refractivity contribution in [3.63, 3.8) is 0 Å². The maximum atomic E-state index is 12.7. The molecule has 0 saturated carbocycles. The second kappa shape index (κ2) is 8.01. The van der Waals surface area contributed by atoms with Gasteiger partial charge in [-0.1, -0.05) is 0 Å². The van der Waals surface area contributed by atoms with E-state index in [4.69, 9.17) is 4.74 Å². The standard InChI is InChI=1S/C15H25N5O3S2/c21-11(20-15-17-4-5-23-15)8-2-6-24-13(8)19-12(22)14-18-9-7-16-3-1-10(9)25-14/h8-10,13-18H,1-7H2,(H,19,22)(H,20,21). The summed E-state index contributed by atoms with van der Waals surface area (Å²) < 4.78 is 5.38. The Morgan fingerprint density at radius 1 is 1.12 bits per heavy atom. The van der Waals surface area contributed by atoms with E-state index in [1.54, 1.807) is 23.5 Å². The lowest BCUT2D eigenvalue weighted by Gasteiger charge is -2.24. The minimum absolute atomic E-state index is 0.00755. The van der Waals surface area contributed by atoms with Crippen molar-refractivity contribution >= 4 is 35.3 Å². The molecule has 6 unspecified atom stereocenters. The highest BCUT2D eigenvalue weighted by Crippen LogP contribution is 2.34. The third-order valence-electron chi connectivity index (χ3n) is 5.04. The van der Waals surface area contributed by atoms with Crippen molar-refractivity contribution in [3.8, 4) is 0 Å². The van der Waals surface area contributed by atoms with Gasteiger partial charge in [-0.3, -0.25) is 20.2 Å². The van der Waals surface area contributed by atoms with E-state index >= 15 is 0 Å². The monoisotopic (exact) mass is 387 g/mol. The van der Waals surface area contributed by atoms with Crippen LogP contribution in [0.1, 0.15) is 12.8 Å². The smallest absolute Gasteiger partial charge is 0.248 e. The average Bonchev–Trinajstić information content (AvgIpc) is 3.34. The summed E-state index contributed by atoms with van der Waals surface area (Å²) in [7, 11) is 0. The number of thioether (sulfide) groups is 2. The second-order valence-corrected chi connectivity index (χ2v) is 9.33. The van der Waals surface area contributed by atoms with Gasteiger partial charge in [-0.15, -0.1) is 23.5 Å². The Morgan fingerprint density at radius 2 is 2.04 bits per heavy atom. The van der Waals surface area contributed by atoms with Crippen LogP contribution in [0.25, 0.3) is 0 Å². The van der Waals surface area contributed by atoms with Gasteiger partial charge in [0.15, 0.2) is 6.35 Å². The van der Waals surface area contributed by atoms with Crippen molar-refractivity contribution in [1.29, 1.82) is 0 Å². The molecule has 0 radical (unpaired) electrons. The number of hydrogen-bond acceptors (Lipinski definition) is 8. The molecule has 8 nitrogen and oxygen atoms in total. The summed E-state index contributed by atoms with van der Waals surface area (Å²) in [6, 6.07) is 0.357. The highest BCUT2D eigenvalue weighted by Gasteiger charge is 2.42. The Bertz CT molecular complexity index is 505. The quantitative estimate of drug-likeness (QED) is 0.401. The van der Waals surface area contributed by atoms with E-state index in [9.17, 15) is 9.59 Å². The molecule has 0 aromatic carbocycles. The fourth-order valence-electron chi connectivity index (χ4n) is 3.68. The first kappa shape index (κ1) is 17.9. The van der Waals surface area contributed by atoms with E-state index in [1.807, 2.05) is 0 Å². The lowest BCUT2D eigenvalue weighted by molar-refractivity contribution is -0.129. The topological polar surface area (TPSA) is 104 Å². The number of carbonyl (C=O) groups is 2. The molecule has 6 atom stereocenters. The lowest BCUT2D eigenvalue weighted by Crippen LogP contribution is -2.52. The third-order valence-corrected chi connectivity index (χ3v) is 7.85. The van der Waals surface area contributed by atoms with Crippen LogP contribution in [-0.4, -0.2) is 72.2 Å². The Kier molecular flexibility index (Phi) is 5.73. The molecule has 0 aliphatic carbocycles. The van der Waals surface area contributed by atoms with E-state index < -0.39 is 6.35 Å². The van der Waals surface area contributed by atoms with Gasteiger partial charge in [0, 0.05) is 24.4 Å². The van der Waals surface area contributed by atoms with E-state index in [0.717, 1.165) is 38.2 Å². The van der Waals surface area contributed by atoms with Gasteiger partial charge in [-0.05, 0) is 25.1 Å². The Labute approximate surface area is 155 Å². The summed E-state index contributed by atoms with van der Waals surface area (Å²) >= 11 is 3.36. The third kappa shape index (κ3) is 4.09. The van der Waals surface area contributed by atoms with E-state index in [2.05, 4.69) is 26.6 Å². The zero-order chi connectivity index (χ0) is 17.2. The highest BCUT2D eigenvalue weighted by atomic mass is 32.2. The van der Waals surface area contributed by atoms with Crippen LogP contribution in [-0.2, 0) is 14.3 Å². The molecule has 25 heavy (non-hydrogen) atoms. The van der Waals surface area contributed by atoms with Crippen LogP contribution < -0.4 is 26.6 Å². The molecule has 4 aliphatic heterocycles. The maximum Gasteiger partial charge on any atom is 0.248 e. The molecule has 4 aliphatic rings. The molecule has 10 heteroatoms. The number of nitrogens with one attached hydrogen (secondary N) is 5. The van der Waals surface area contributed by atoms with E-state index in [1.165, 1.54) is 0 Å². The summed E-state index contributed by atoms with van der Waals surface area (Å²) in [6.07, 6.45) is 1.45. The van der Waals surface area contributed by atoms with Crippen molar-refractivity contribution in [1.82, 2.24) is 26.6 Å². The summed E-state index contributed by atoms with van der Waals surface area (Å²) in [5.41, 5.74) is 0. The van der Waals surface area contributed by atoms with E-state index in [-0.39, 0.29) is 28.5 Å². The molecule has 5 N–H and O–H groups in total. The molecule has 4 saturated heterocycles. The second-order valence-electron chi connectivity index (χ2n) is 6.73. The SMILES string of the molecule is O=C(NC1SCCC1C(=O)NC1NCCO1)C1NC2CNCCC2S1. The number of rotatable bonds is 4. The Morgan fingerprint density at radius 3 is 2.84 bits per heavy atom.